The van der Waals surface area contributed by atoms with Gasteiger partial charge in [0.2, 0.25) is 50.5 Å². The number of pyridine rings is 6. The van der Waals surface area contributed by atoms with Crippen LogP contribution in [0.2, 0.25) is 20.9 Å². The number of H-pyrrole nitrogens is 4. The first-order chi connectivity index (χ1) is 62.9. The van der Waals surface area contributed by atoms with Gasteiger partial charge in [-0.2, -0.15) is 22.9 Å². The number of morpholine rings is 3. The van der Waals surface area contributed by atoms with Crippen LogP contribution in [-0.2, 0) is 28.5 Å². The average molecular weight is 1860 g/mol. The number of nitrogens with zero attached hydrogens (tertiary/aromatic N) is 15. The number of nitrogen functional groups attached to an aromatic ring is 1. The number of hydrogen-bond donors (Lipinski definition) is 10. The van der Waals surface area contributed by atoms with Gasteiger partial charge in [-0.25, -0.2) is 64.4 Å². The zero-order valence-electron chi connectivity index (χ0n) is 69.2. The zero-order valence-corrected chi connectivity index (χ0v) is 73.1. The van der Waals surface area contributed by atoms with Crippen LogP contribution in [0.5, 0.6) is 0 Å². The first-order valence-electron chi connectivity index (χ1n) is 39.5. The topological polar surface area (TPSA) is 527 Å². The fourth-order valence-electron chi connectivity index (χ4n) is 13.0. The number of anilines is 3. The molecule has 665 valence electrons. The first kappa shape index (κ1) is 95.4. The third-order valence-electron chi connectivity index (χ3n) is 18.8. The van der Waals surface area contributed by atoms with Crippen molar-refractivity contribution in [2.75, 3.05) is 121 Å². The molecule has 0 amide bonds. The number of aromatic amines is 4. The highest BCUT2D eigenvalue weighted by Crippen LogP contribution is 2.38. The van der Waals surface area contributed by atoms with E-state index in [1.165, 1.54) is 0 Å². The Bertz CT molecular complexity index is 7230. The molecule has 3 fully saturated rings. The summed E-state index contributed by atoms with van der Waals surface area (Å²) in [5.74, 6) is 1.57. The van der Waals surface area contributed by atoms with E-state index in [0.29, 0.717) is 128 Å². The second-order valence-corrected chi connectivity index (χ2v) is 28.5. The number of halogens is 4. The van der Waals surface area contributed by atoms with E-state index in [4.69, 9.17) is 124 Å². The molecule has 3 aliphatic rings. The fraction of sp³-hybridized carbons (Fsp3) is 0.212. The number of carbonyl (C=O) groups excluding carboxylic acids is 2. The Hall–Kier alpha value is -13.7. The highest BCUT2D eigenvalue weighted by atomic mass is 35.5. The van der Waals surface area contributed by atoms with E-state index < -0.39 is 24.3 Å². The van der Waals surface area contributed by atoms with E-state index in [0.717, 1.165) is 114 Å². The summed E-state index contributed by atoms with van der Waals surface area (Å²) in [5.41, 5.74) is 15.4. The van der Waals surface area contributed by atoms with E-state index in [-0.39, 0.29) is 64.6 Å². The maximum Gasteiger partial charge on any atom is 0.489 e. The second kappa shape index (κ2) is 46.3. The number of aliphatic hydroxyl groups excluding tert-OH is 1. The minimum atomic E-state index is -1.40. The van der Waals surface area contributed by atoms with Crippen molar-refractivity contribution >= 4 is 231 Å². The number of rotatable bonds is 8. The number of ether oxygens (including phenoxy) is 5. The lowest BCUT2D eigenvalue weighted by Crippen LogP contribution is -2.37. The standard InChI is InChI=1S/C21H17N5O2.C13H11ClN4O2.C10H10N2O3.C9H3Cl2N3O.C9H5N3O3.C8H8BNO2.C6H3ClN2.C4H9NO.C4H8O2S.CH4O.B/c1-3-14(13-6-8-22-16(13)5-1)19-24-17-15-4-2-7-23-21(15)28-18(17)20(25-19)26-9-11-27-12-10-26;14-13-16-9-8-2-1-3-15-12(8)20-10(9)11(17-13)18-4-6-19-7-5-18;1-2-14-10(13)8-7(11)6-4-3-5-12-9(6)15-8;10-7-6-5(13-9(11)14-7)4-2-1-3-12-8(4)15-6;13-7-6-5(11-9(14)12-7)4-2-1-3-10-8(4)15-6;11-9(12)7-2-1-3-8-6(7)4-5-10-8;7-6-5(4-8)2-1-3-9-6;1-3-6-4-2-5-1;1-2-6-4(5)3-7;1-2;/h1-8,22H,9-12H2;1-3H,4-7H2;3-5H,2,11H2,1H3;1-3H;1-3H,(H2,11,12,13,14);1-5,10-12H;1-3H;5H,1-4H2;7H,2-3H2,1H3;2H,1H3;. The number of benzene rings is 2. The van der Waals surface area contributed by atoms with E-state index in [1.54, 1.807) is 112 Å². The minimum Gasteiger partial charge on any atom is -0.465 e. The second-order valence-electron chi connectivity index (χ2n) is 26.8. The van der Waals surface area contributed by atoms with Crippen molar-refractivity contribution in [3.63, 3.8) is 0 Å². The van der Waals surface area contributed by atoms with Crippen LogP contribution in [0, 0.1) is 11.3 Å². The van der Waals surface area contributed by atoms with Crippen LogP contribution in [0.15, 0.2) is 203 Å². The predicted octanol–water partition coefficient (Wildman–Crippen LogP) is 11.8. The number of furan rings is 5. The van der Waals surface area contributed by atoms with Crippen LogP contribution in [0.3, 0.4) is 0 Å². The molecule has 0 unspecified atom stereocenters. The molecule has 3 aliphatic heterocycles. The molecule has 0 aliphatic carbocycles. The van der Waals surface area contributed by atoms with Gasteiger partial charge in [0.05, 0.1) is 96.8 Å². The van der Waals surface area contributed by atoms with Crippen molar-refractivity contribution in [3.05, 3.63) is 224 Å². The molecular formula is C85H78B2Cl4N21O17S. The summed E-state index contributed by atoms with van der Waals surface area (Å²) >= 11 is 26.8. The van der Waals surface area contributed by atoms with Crippen molar-refractivity contribution < 1.29 is 70.5 Å². The molecule has 19 aromatic rings. The molecule has 0 saturated carbocycles. The summed E-state index contributed by atoms with van der Waals surface area (Å²) < 4.78 is 52.9. The quantitative estimate of drug-likeness (QED) is 0.0169. The highest BCUT2D eigenvalue weighted by Gasteiger charge is 2.27. The van der Waals surface area contributed by atoms with Gasteiger partial charge in [0.25, 0.3) is 5.56 Å². The molecular weight excluding hydrogens is 1780 g/mol. The van der Waals surface area contributed by atoms with Crippen LogP contribution >= 0.6 is 59.0 Å². The summed E-state index contributed by atoms with van der Waals surface area (Å²) in [4.78, 5) is 110. The van der Waals surface area contributed by atoms with Crippen molar-refractivity contribution in [3.8, 4) is 17.5 Å². The van der Waals surface area contributed by atoms with Crippen LogP contribution in [0.4, 0.5) is 17.3 Å². The summed E-state index contributed by atoms with van der Waals surface area (Å²) in [5, 5.41) is 43.0. The van der Waals surface area contributed by atoms with Crippen LogP contribution < -0.4 is 37.6 Å². The van der Waals surface area contributed by atoms with E-state index in [2.05, 4.69) is 120 Å². The summed E-state index contributed by atoms with van der Waals surface area (Å²) in [6, 6.07) is 38.8. The summed E-state index contributed by atoms with van der Waals surface area (Å²) in [6.45, 7) is 13.8. The lowest BCUT2D eigenvalue weighted by atomic mass is 9.78. The molecule has 130 heavy (non-hydrogen) atoms. The average Bonchev–Trinajstić information content (AvgIpc) is 1.64. The van der Waals surface area contributed by atoms with Gasteiger partial charge in [0.1, 0.15) is 33.3 Å². The van der Waals surface area contributed by atoms with E-state index in [9.17, 15) is 19.2 Å². The van der Waals surface area contributed by atoms with E-state index in [1.807, 2.05) is 60.8 Å². The van der Waals surface area contributed by atoms with Gasteiger partial charge in [-0.1, -0.05) is 47.5 Å². The lowest BCUT2D eigenvalue weighted by Gasteiger charge is -2.27. The van der Waals surface area contributed by atoms with Crippen LogP contribution in [0.25, 0.3) is 133 Å². The lowest BCUT2D eigenvalue weighted by molar-refractivity contribution is -0.139. The third-order valence-corrected chi connectivity index (χ3v) is 19.9. The summed E-state index contributed by atoms with van der Waals surface area (Å²) in [6.07, 6.45) is 13.4. The highest BCUT2D eigenvalue weighted by molar-refractivity contribution is 7.81. The smallest absolute Gasteiger partial charge is 0.465 e. The number of hydrogen-bond acceptors (Lipinski definition) is 35. The minimum absolute atomic E-state index is 0. The van der Waals surface area contributed by atoms with Gasteiger partial charge < -0.3 is 96.7 Å². The van der Waals surface area contributed by atoms with Gasteiger partial charge in [0.15, 0.2) is 39.4 Å². The number of fused-ring (bicyclic) bond motifs is 15. The molecule has 10 N–H and O–H groups in total. The number of carbonyl (C=O) groups is 2. The number of aliphatic hydroxyl groups is 1. The Morgan fingerprint density at radius 2 is 0.992 bits per heavy atom. The Balaban J connectivity index is 0.000000136. The van der Waals surface area contributed by atoms with Crippen molar-refractivity contribution in [2.24, 2.45) is 0 Å². The number of nitrogens with two attached hydrogens (primary N) is 1. The molecule has 0 atom stereocenters. The molecule has 0 spiro atoms. The Kier molecular flexibility index (Phi) is 34.0. The van der Waals surface area contributed by atoms with Gasteiger partial charge in [-0.05, 0) is 145 Å². The fourth-order valence-corrected chi connectivity index (χ4v) is 13.9. The number of esters is 2. The normalized spacial score (nSPS) is 12.7. The van der Waals surface area contributed by atoms with E-state index >= 15 is 0 Å². The molecule has 45 heteroatoms. The number of aromatic nitrogens is 16. The Morgan fingerprint density at radius 1 is 0.523 bits per heavy atom. The third kappa shape index (κ3) is 23.0. The Morgan fingerprint density at radius 3 is 1.50 bits per heavy atom. The van der Waals surface area contributed by atoms with Gasteiger partial charge in [-0.3, -0.25) is 14.6 Å². The van der Waals surface area contributed by atoms with Crippen molar-refractivity contribution in [1.82, 2.24) is 85.1 Å². The number of nitriles is 1. The number of nitrogens with one attached hydrogen (secondary N) is 5. The predicted molar refractivity (Wildman–Crippen MR) is 497 cm³/mol. The SMILES string of the molecule is C1COCCN1.CCOC(=O)CS.CCOC(=O)c1oc2ncccc2c1N.CO.Clc1nc(Cl)c2oc3ncccc3c2n1.Clc1nc(N2CCOCC2)c2oc3ncccc3c2n1.N#Cc1cccnc1Cl.O=c1[nH]c(=O)c2oc3ncccc3c2[nH]1.OB(O)c1cccc2[nH]ccc12.[B].c1cc(-c2nc(N3CCOCC3)c3oc4ncccc4c3n2)c2cc[nH]c2c1. The monoisotopic (exact) mass is 1860 g/mol. The van der Waals surface area contributed by atoms with Gasteiger partial charge in [0, 0.05) is 126 Å². The Labute approximate surface area is 762 Å². The van der Waals surface area contributed by atoms with Gasteiger partial charge in [-0.15, -0.1) is 0 Å². The molecule has 20 heterocycles. The molecule has 3 radical (unpaired) electrons. The zero-order chi connectivity index (χ0) is 90.9. The molecule has 2 aromatic carbocycles. The number of thiol groups is 1. The maximum absolute atomic E-state index is 11.4. The molecule has 38 nitrogen and oxygen atoms in total. The molecule has 3 saturated heterocycles. The van der Waals surface area contributed by atoms with Gasteiger partial charge >= 0.3 is 24.7 Å². The summed E-state index contributed by atoms with van der Waals surface area (Å²) in [7, 11) is -0.399. The molecule has 17 aromatic heterocycles. The van der Waals surface area contributed by atoms with Crippen molar-refractivity contribution in [2.45, 2.75) is 13.8 Å². The molecule has 0 bridgehead atoms. The van der Waals surface area contributed by atoms with Crippen LogP contribution in [0.1, 0.15) is 30.0 Å². The molecule has 22 rings (SSSR count). The maximum atomic E-state index is 11.4. The van der Waals surface area contributed by atoms with Crippen molar-refractivity contribution in [1.29, 1.82) is 5.26 Å². The largest absolute Gasteiger partial charge is 0.489 e. The first-order valence-corrected chi connectivity index (χ1v) is 41.6. The van der Waals surface area contributed by atoms with Crippen LogP contribution in [-0.4, -0.2) is 227 Å².